The van der Waals surface area contributed by atoms with Crippen LogP contribution in [0.4, 0.5) is 0 Å². The normalized spacial score (nSPS) is 11.8. The second-order valence-electron chi connectivity index (χ2n) is 7.11. The number of nitrogens with zero attached hydrogens (tertiary/aromatic N) is 2. The summed E-state index contributed by atoms with van der Waals surface area (Å²) in [5, 5.41) is 35.8. The van der Waals surface area contributed by atoms with E-state index in [4.69, 9.17) is 20.4 Å². The first kappa shape index (κ1) is 25.8. The molecule has 0 radical (unpaired) electrons. The van der Waals surface area contributed by atoms with Gasteiger partial charge in [-0.25, -0.2) is 0 Å². The lowest BCUT2D eigenvalue weighted by molar-refractivity contribution is 0.207. The van der Waals surface area contributed by atoms with Gasteiger partial charge in [0.2, 0.25) is 0 Å². The van der Waals surface area contributed by atoms with Gasteiger partial charge < -0.3 is 30.2 Å². The third-order valence-corrected chi connectivity index (χ3v) is 4.73. The fourth-order valence-corrected chi connectivity index (χ4v) is 3.13. The molecule has 0 heterocycles. The molecule has 158 valence electrons. The summed E-state index contributed by atoms with van der Waals surface area (Å²) in [4.78, 5) is 4.93. The van der Waals surface area contributed by atoms with E-state index < -0.39 is 0 Å². The number of aliphatic hydroxyl groups excluding tert-OH is 4. The van der Waals surface area contributed by atoms with Crippen LogP contribution in [0.1, 0.15) is 64.2 Å². The zero-order chi connectivity index (χ0) is 19.3. The predicted octanol–water partition coefficient (Wildman–Crippen LogP) is 1.46. The topological polar surface area (TPSA) is 87.4 Å². The van der Waals surface area contributed by atoms with Crippen molar-refractivity contribution in [3.05, 3.63) is 0 Å². The molecule has 4 N–H and O–H groups in total. The van der Waals surface area contributed by atoms with Gasteiger partial charge in [0.25, 0.3) is 0 Å². The Labute approximate surface area is 160 Å². The van der Waals surface area contributed by atoms with Crippen LogP contribution in [-0.2, 0) is 0 Å². The van der Waals surface area contributed by atoms with Crippen LogP contribution in [0.2, 0.25) is 0 Å². The highest BCUT2D eigenvalue weighted by molar-refractivity contribution is 4.63. The largest absolute Gasteiger partial charge is 0.396 e. The molecule has 0 saturated heterocycles. The van der Waals surface area contributed by atoms with E-state index in [9.17, 15) is 0 Å². The minimum atomic E-state index is 0.265. The van der Waals surface area contributed by atoms with Gasteiger partial charge in [-0.15, -0.1) is 0 Å². The summed E-state index contributed by atoms with van der Waals surface area (Å²) in [5.41, 5.74) is 0. The molecule has 0 aliphatic heterocycles. The van der Waals surface area contributed by atoms with Crippen molar-refractivity contribution in [3.63, 3.8) is 0 Å². The minimum Gasteiger partial charge on any atom is -0.396 e. The Bertz CT molecular complexity index is 224. The van der Waals surface area contributed by atoms with Gasteiger partial charge in [-0.2, -0.15) is 0 Å². The molecule has 0 atom stereocenters. The molecule has 6 nitrogen and oxygen atoms in total. The average Bonchev–Trinajstić information content (AvgIpc) is 2.64. The average molecular weight is 377 g/mol. The van der Waals surface area contributed by atoms with Crippen LogP contribution >= 0.6 is 0 Å². The molecule has 0 bridgehead atoms. The fraction of sp³-hybridized carbons (Fsp3) is 1.00. The summed E-state index contributed by atoms with van der Waals surface area (Å²) in [6.07, 6.45) is 9.89. The van der Waals surface area contributed by atoms with Crippen LogP contribution in [0.15, 0.2) is 0 Å². The highest BCUT2D eigenvalue weighted by Gasteiger charge is 2.07. The second-order valence-corrected chi connectivity index (χ2v) is 7.11. The first-order chi connectivity index (χ1) is 12.8. The van der Waals surface area contributed by atoms with Gasteiger partial charge >= 0.3 is 0 Å². The van der Waals surface area contributed by atoms with E-state index >= 15 is 0 Å². The molecule has 0 saturated carbocycles. The summed E-state index contributed by atoms with van der Waals surface area (Å²) in [6.45, 7) is 7.34. The Hall–Kier alpha value is -0.240. The number of aliphatic hydroxyl groups is 4. The Morgan fingerprint density at radius 2 is 0.500 bits per heavy atom. The van der Waals surface area contributed by atoms with Gasteiger partial charge in [-0.3, -0.25) is 0 Å². The molecule has 6 heteroatoms. The third kappa shape index (κ3) is 17.2. The zero-order valence-electron chi connectivity index (χ0n) is 16.8. The minimum absolute atomic E-state index is 0.265. The number of hydrogen-bond donors (Lipinski definition) is 4. The van der Waals surface area contributed by atoms with Crippen LogP contribution in [0, 0.1) is 0 Å². The van der Waals surface area contributed by atoms with E-state index in [0.29, 0.717) is 0 Å². The molecular weight excluding hydrogens is 332 g/mol. The molecular formula is C20H44N2O4. The van der Waals surface area contributed by atoms with E-state index in [2.05, 4.69) is 9.80 Å². The van der Waals surface area contributed by atoms with Gasteiger partial charge in [0.1, 0.15) is 0 Å². The maximum Gasteiger partial charge on any atom is 0.0431 e. The van der Waals surface area contributed by atoms with Crippen LogP contribution in [0.25, 0.3) is 0 Å². The number of rotatable bonds is 21. The molecule has 0 aliphatic rings. The lowest BCUT2D eigenvalue weighted by atomic mass is 10.2. The molecule has 26 heavy (non-hydrogen) atoms. The second kappa shape index (κ2) is 21.1. The van der Waals surface area contributed by atoms with Crippen molar-refractivity contribution < 1.29 is 20.4 Å². The van der Waals surface area contributed by atoms with E-state index in [0.717, 1.165) is 103 Å². The van der Waals surface area contributed by atoms with Crippen LogP contribution in [0.3, 0.4) is 0 Å². The molecule has 0 aromatic heterocycles. The Morgan fingerprint density at radius 1 is 0.308 bits per heavy atom. The van der Waals surface area contributed by atoms with Crippen molar-refractivity contribution in [2.45, 2.75) is 64.2 Å². The highest BCUT2D eigenvalue weighted by Crippen LogP contribution is 2.05. The first-order valence-corrected chi connectivity index (χ1v) is 10.7. The van der Waals surface area contributed by atoms with E-state index in [-0.39, 0.29) is 26.4 Å². The SMILES string of the molecule is OCCCCN(CCCCO)CCCCN(CCCCO)CCCCO. The van der Waals surface area contributed by atoms with E-state index in [1.54, 1.807) is 0 Å². The summed E-state index contributed by atoms with van der Waals surface area (Å²) in [6, 6.07) is 0. The highest BCUT2D eigenvalue weighted by atomic mass is 16.3. The fourth-order valence-electron chi connectivity index (χ4n) is 3.13. The lowest BCUT2D eigenvalue weighted by Crippen LogP contribution is -2.30. The third-order valence-electron chi connectivity index (χ3n) is 4.73. The van der Waals surface area contributed by atoms with E-state index in [1.165, 1.54) is 0 Å². The van der Waals surface area contributed by atoms with Crippen molar-refractivity contribution >= 4 is 0 Å². The summed E-state index contributed by atoms with van der Waals surface area (Å²) in [7, 11) is 0. The molecule has 0 unspecified atom stereocenters. The molecule has 0 rings (SSSR count). The van der Waals surface area contributed by atoms with Crippen LogP contribution in [0.5, 0.6) is 0 Å². The molecule has 0 spiro atoms. The van der Waals surface area contributed by atoms with Gasteiger partial charge in [-0.05, 0) is 103 Å². The summed E-state index contributed by atoms with van der Waals surface area (Å²) < 4.78 is 0. The number of unbranched alkanes of at least 4 members (excludes halogenated alkanes) is 5. The predicted molar refractivity (Wildman–Crippen MR) is 107 cm³/mol. The molecule has 0 aromatic carbocycles. The monoisotopic (exact) mass is 376 g/mol. The quantitative estimate of drug-likeness (QED) is 0.227. The lowest BCUT2D eigenvalue weighted by Gasteiger charge is -2.24. The first-order valence-electron chi connectivity index (χ1n) is 10.7. The van der Waals surface area contributed by atoms with Gasteiger partial charge in [0.05, 0.1) is 0 Å². The molecule has 0 fully saturated rings. The smallest absolute Gasteiger partial charge is 0.0431 e. The zero-order valence-corrected chi connectivity index (χ0v) is 16.8. The van der Waals surface area contributed by atoms with Crippen molar-refractivity contribution in [2.24, 2.45) is 0 Å². The van der Waals surface area contributed by atoms with Gasteiger partial charge in [0.15, 0.2) is 0 Å². The van der Waals surface area contributed by atoms with Gasteiger partial charge in [-0.1, -0.05) is 0 Å². The maximum atomic E-state index is 8.96. The molecule has 0 aliphatic carbocycles. The van der Waals surface area contributed by atoms with Crippen molar-refractivity contribution in [3.8, 4) is 0 Å². The molecule has 0 aromatic rings. The van der Waals surface area contributed by atoms with E-state index in [1.807, 2.05) is 0 Å². The Balaban J connectivity index is 4.04. The van der Waals surface area contributed by atoms with Crippen molar-refractivity contribution in [1.29, 1.82) is 0 Å². The van der Waals surface area contributed by atoms with Crippen molar-refractivity contribution in [1.82, 2.24) is 9.80 Å². The standard InChI is InChI=1S/C20H44N2O4/c23-17-7-3-13-21(14-4-8-18-24)11-1-2-12-22(15-5-9-19-25)16-6-10-20-26/h23-26H,1-20H2. The Kier molecular flexibility index (Phi) is 20.9. The molecule has 0 amide bonds. The van der Waals surface area contributed by atoms with Crippen molar-refractivity contribution in [2.75, 3.05) is 65.7 Å². The number of hydrogen-bond acceptors (Lipinski definition) is 6. The van der Waals surface area contributed by atoms with Crippen LogP contribution in [-0.4, -0.2) is 95.9 Å². The van der Waals surface area contributed by atoms with Gasteiger partial charge in [0, 0.05) is 26.4 Å². The summed E-state index contributed by atoms with van der Waals surface area (Å²) in [5.74, 6) is 0. The van der Waals surface area contributed by atoms with Crippen LogP contribution < -0.4 is 0 Å². The summed E-state index contributed by atoms with van der Waals surface area (Å²) >= 11 is 0. The maximum absolute atomic E-state index is 8.96. The Morgan fingerprint density at radius 3 is 0.692 bits per heavy atom.